The number of nitrogens with zero attached hydrogens (tertiary/aromatic N) is 1. The van der Waals surface area contributed by atoms with Gasteiger partial charge in [0, 0.05) is 18.8 Å². The first-order valence-corrected chi connectivity index (χ1v) is 2.79. The Morgan fingerprint density at radius 2 is 2.44 bits per heavy atom. The maximum absolute atomic E-state index is 9.23. The van der Waals surface area contributed by atoms with Gasteiger partial charge in [0.15, 0.2) is 0 Å². The number of rotatable bonds is 1. The minimum Gasteiger partial charge on any atom is -0.393 e. The molecule has 1 heterocycles. The summed E-state index contributed by atoms with van der Waals surface area (Å²) in [7, 11) is 0. The summed E-state index contributed by atoms with van der Waals surface area (Å²) in [4.78, 5) is 3.69. The van der Waals surface area contributed by atoms with Crippen molar-refractivity contribution < 1.29 is 10.2 Å². The lowest BCUT2D eigenvalue weighted by Crippen LogP contribution is -2.35. The summed E-state index contributed by atoms with van der Waals surface area (Å²) in [6, 6.07) is 0. The summed E-state index contributed by atoms with van der Waals surface area (Å²) in [6.45, 7) is -0.263. The molecule has 0 amide bonds. The van der Waals surface area contributed by atoms with E-state index < -0.39 is 5.60 Å². The van der Waals surface area contributed by atoms with Crippen LogP contribution in [0.4, 0.5) is 0 Å². The van der Waals surface area contributed by atoms with Crippen LogP contribution in [0.25, 0.3) is 0 Å². The molecule has 0 spiro atoms. The summed E-state index contributed by atoms with van der Waals surface area (Å²) >= 11 is 0. The van der Waals surface area contributed by atoms with Gasteiger partial charge in [0.1, 0.15) is 5.60 Å². The molecule has 0 saturated heterocycles. The third-order valence-corrected chi connectivity index (χ3v) is 1.25. The van der Waals surface area contributed by atoms with Gasteiger partial charge in [0.2, 0.25) is 0 Å². The molecule has 3 nitrogen and oxygen atoms in total. The molecule has 1 unspecified atom stereocenters. The van der Waals surface area contributed by atoms with E-state index in [9.17, 15) is 5.11 Å². The minimum atomic E-state index is -1.10. The highest BCUT2D eigenvalue weighted by Crippen LogP contribution is 2.10. The molecule has 0 aromatic rings. The average molecular weight is 127 g/mol. The second-order valence-corrected chi connectivity index (χ2v) is 2.13. The largest absolute Gasteiger partial charge is 0.393 e. The van der Waals surface area contributed by atoms with Gasteiger partial charge in [-0.25, -0.2) is 0 Å². The Morgan fingerprint density at radius 3 is 2.78 bits per heavy atom. The van der Waals surface area contributed by atoms with Crippen molar-refractivity contribution in [1.82, 2.24) is 0 Å². The molecule has 9 heavy (non-hydrogen) atoms. The molecule has 1 aliphatic heterocycles. The molecule has 0 bridgehead atoms. The highest BCUT2D eigenvalue weighted by atomic mass is 16.3. The van der Waals surface area contributed by atoms with Crippen LogP contribution in [0, 0.1) is 0 Å². The molecule has 2 N–H and O–H groups in total. The number of hydrogen-bond donors (Lipinski definition) is 2. The second kappa shape index (κ2) is 2.29. The van der Waals surface area contributed by atoms with Crippen LogP contribution in [-0.4, -0.2) is 28.6 Å². The predicted octanol–water partition coefficient (Wildman–Crippen LogP) is -0.302. The van der Waals surface area contributed by atoms with E-state index >= 15 is 0 Å². The van der Waals surface area contributed by atoms with Gasteiger partial charge in [-0.15, -0.1) is 0 Å². The van der Waals surface area contributed by atoms with E-state index in [0.29, 0.717) is 6.42 Å². The Balaban J connectivity index is 2.63. The monoisotopic (exact) mass is 127 g/mol. The fourth-order valence-corrected chi connectivity index (χ4v) is 0.657. The molecule has 0 aromatic heterocycles. The van der Waals surface area contributed by atoms with E-state index in [4.69, 9.17) is 5.11 Å². The topological polar surface area (TPSA) is 52.8 Å². The lowest BCUT2D eigenvalue weighted by Gasteiger charge is -2.20. The maximum Gasteiger partial charge on any atom is 0.126 e. The normalized spacial score (nSPS) is 33.1. The van der Waals surface area contributed by atoms with Crippen molar-refractivity contribution in [2.45, 2.75) is 12.0 Å². The van der Waals surface area contributed by atoms with Crippen LogP contribution in [-0.2, 0) is 0 Å². The van der Waals surface area contributed by atoms with Gasteiger partial charge in [-0.2, -0.15) is 0 Å². The lowest BCUT2D eigenvalue weighted by atomic mass is 10.0. The van der Waals surface area contributed by atoms with Crippen molar-refractivity contribution in [3.05, 3.63) is 12.3 Å². The molecule has 0 fully saturated rings. The van der Waals surface area contributed by atoms with E-state index in [1.165, 1.54) is 6.21 Å². The molecular formula is C6H9NO2. The summed E-state index contributed by atoms with van der Waals surface area (Å²) in [6.07, 6.45) is 5.13. The molecule has 0 aromatic carbocycles. The summed E-state index contributed by atoms with van der Waals surface area (Å²) in [5, 5.41) is 17.8. The number of aliphatic hydroxyl groups is 2. The first-order chi connectivity index (χ1) is 4.27. The van der Waals surface area contributed by atoms with E-state index in [1.54, 1.807) is 12.3 Å². The van der Waals surface area contributed by atoms with Gasteiger partial charge in [-0.05, 0) is 0 Å². The van der Waals surface area contributed by atoms with Crippen LogP contribution in [0.2, 0.25) is 0 Å². The van der Waals surface area contributed by atoms with Crippen LogP contribution in [0.15, 0.2) is 17.3 Å². The molecular weight excluding hydrogens is 118 g/mol. The highest BCUT2D eigenvalue weighted by molar-refractivity contribution is 5.70. The van der Waals surface area contributed by atoms with Gasteiger partial charge < -0.3 is 10.2 Å². The predicted molar refractivity (Wildman–Crippen MR) is 34.3 cm³/mol. The van der Waals surface area contributed by atoms with Gasteiger partial charge in [0.05, 0.1) is 6.61 Å². The molecule has 0 radical (unpaired) electrons. The van der Waals surface area contributed by atoms with Crippen molar-refractivity contribution in [3.63, 3.8) is 0 Å². The lowest BCUT2D eigenvalue weighted by molar-refractivity contribution is 0.0503. The third kappa shape index (κ3) is 1.37. The van der Waals surface area contributed by atoms with E-state index in [2.05, 4.69) is 4.99 Å². The molecule has 0 aliphatic carbocycles. The van der Waals surface area contributed by atoms with E-state index in [-0.39, 0.29) is 6.61 Å². The van der Waals surface area contributed by atoms with Crippen LogP contribution in [0.3, 0.4) is 0 Å². The molecule has 1 rings (SSSR count). The molecule has 0 saturated carbocycles. The van der Waals surface area contributed by atoms with Crippen LogP contribution < -0.4 is 0 Å². The Labute approximate surface area is 53.4 Å². The van der Waals surface area contributed by atoms with E-state index in [0.717, 1.165) is 0 Å². The van der Waals surface area contributed by atoms with Crippen molar-refractivity contribution in [2.24, 2.45) is 4.99 Å². The Morgan fingerprint density at radius 1 is 1.67 bits per heavy atom. The van der Waals surface area contributed by atoms with Gasteiger partial charge >= 0.3 is 0 Å². The summed E-state index contributed by atoms with van der Waals surface area (Å²) in [5.74, 6) is 0. The first kappa shape index (κ1) is 6.45. The molecule has 50 valence electrons. The van der Waals surface area contributed by atoms with Gasteiger partial charge in [-0.3, -0.25) is 4.99 Å². The van der Waals surface area contributed by atoms with Crippen LogP contribution >= 0.6 is 0 Å². The highest BCUT2D eigenvalue weighted by Gasteiger charge is 2.22. The Hall–Kier alpha value is -0.670. The Kier molecular flexibility index (Phi) is 1.64. The van der Waals surface area contributed by atoms with Gasteiger partial charge in [0.25, 0.3) is 0 Å². The minimum absolute atomic E-state index is 0.263. The summed E-state index contributed by atoms with van der Waals surface area (Å²) in [5.41, 5.74) is -1.10. The van der Waals surface area contributed by atoms with Crippen molar-refractivity contribution in [2.75, 3.05) is 6.61 Å². The van der Waals surface area contributed by atoms with Crippen molar-refractivity contribution in [1.29, 1.82) is 0 Å². The Bertz CT molecular complexity index is 153. The summed E-state index contributed by atoms with van der Waals surface area (Å²) < 4.78 is 0. The zero-order valence-electron chi connectivity index (χ0n) is 4.99. The van der Waals surface area contributed by atoms with Crippen LogP contribution in [0.1, 0.15) is 6.42 Å². The van der Waals surface area contributed by atoms with Crippen molar-refractivity contribution in [3.8, 4) is 0 Å². The SMILES string of the molecule is OCC1(O)C=NC=CC1. The average Bonchev–Trinajstić information content (AvgIpc) is 1.90. The van der Waals surface area contributed by atoms with Crippen molar-refractivity contribution >= 4 is 6.21 Å². The molecule has 3 heteroatoms. The standard InChI is InChI=1S/C6H9NO2/c8-5-6(9)2-1-3-7-4-6/h1,3-4,8-9H,2,5H2. The number of aliphatic imine (C=N–C) groups is 1. The zero-order valence-corrected chi connectivity index (χ0v) is 4.99. The fourth-order valence-electron chi connectivity index (χ4n) is 0.657. The molecule has 1 atom stereocenters. The fraction of sp³-hybridized carbons (Fsp3) is 0.500. The van der Waals surface area contributed by atoms with Gasteiger partial charge in [-0.1, -0.05) is 6.08 Å². The maximum atomic E-state index is 9.23. The quantitative estimate of drug-likeness (QED) is 0.508. The van der Waals surface area contributed by atoms with Crippen LogP contribution in [0.5, 0.6) is 0 Å². The zero-order chi connectivity index (χ0) is 6.74. The smallest absolute Gasteiger partial charge is 0.126 e. The second-order valence-electron chi connectivity index (χ2n) is 2.13. The number of hydrogen-bond acceptors (Lipinski definition) is 3. The molecule has 1 aliphatic rings. The number of aliphatic hydroxyl groups excluding tert-OH is 1. The third-order valence-electron chi connectivity index (χ3n) is 1.25. The van der Waals surface area contributed by atoms with E-state index in [1.807, 2.05) is 0 Å². The first-order valence-electron chi connectivity index (χ1n) is 2.79.